The molecule has 0 spiro atoms. The summed E-state index contributed by atoms with van der Waals surface area (Å²) in [7, 11) is 0. The van der Waals surface area contributed by atoms with Crippen LogP contribution in [0.4, 0.5) is 0 Å². The van der Waals surface area contributed by atoms with Crippen molar-refractivity contribution in [2.45, 2.75) is 25.3 Å². The summed E-state index contributed by atoms with van der Waals surface area (Å²) in [5.74, 6) is 0.00879. The Morgan fingerprint density at radius 2 is 2.32 bits per heavy atom. The Morgan fingerprint density at radius 3 is 3.16 bits per heavy atom. The van der Waals surface area contributed by atoms with Gasteiger partial charge in [0.1, 0.15) is 0 Å². The number of hydrogen-bond acceptors (Lipinski definition) is 2. The van der Waals surface area contributed by atoms with E-state index in [2.05, 4.69) is 15.6 Å². The lowest BCUT2D eigenvalue weighted by atomic mass is 10.1. The first-order valence-electron chi connectivity index (χ1n) is 6.92. The first-order valence-corrected chi connectivity index (χ1v) is 6.92. The van der Waals surface area contributed by atoms with Crippen molar-refractivity contribution in [1.29, 1.82) is 0 Å². The van der Waals surface area contributed by atoms with Gasteiger partial charge in [0.25, 0.3) is 5.91 Å². The summed E-state index contributed by atoms with van der Waals surface area (Å²) in [6.07, 6.45) is 5.38. The number of nitrogens with one attached hydrogen (secondary N) is 3. The second-order valence-electron chi connectivity index (χ2n) is 5.12. The lowest BCUT2D eigenvalue weighted by Gasteiger charge is -2.10. The summed E-state index contributed by atoms with van der Waals surface area (Å²) < 4.78 is 0. The lowest BCUT2D eigenvalue weighted by Crippen LogP contribution is -2.30. The number of aromatic amines is 1. The molecule has 1 atom stereocenters. The fourth-order valence-corrected chi connectivity index (χ4v) is 2.65. The fourth-order valence-electron chi connectivity index (χ4n) is 2.65. The van der Waals surface area contributed by atoms with Crippen molar-refractivity contribution in [1.82, 2.24) is 15.6 Å². The molecule has 0 saturated carbocycles. The molecule has 2 aromatic rings. The largest absolute Gasteiger partial charge is 0.361 e. The van der Waals surface area contributed by atoms with Crippen LogP contribution in [0.5, 0.6) is 0 Å². The number of carbonyl (C=O) groups excluding carboxylic acids is 1. The molecule has 0 aliphatic carbocycles. The van der Waals surface area contributed by atoms with Gasteiger partial charge in [-0.1, -0.05) is 6.07 Å². The van der Waals surface area contributed by atoms with Crippen LogP contribution >= 0.6 is 0 Å². The van der Waals surface area contributed by atoms with Crippen LogP contribution in [0.1, 0.15) is 29.6 Å². The average Bonchev–Trinajstić information content (AvgIpc) is 3.08. The maximum absolute atomic E-state index is 12.0. The third kappa shape index (κ3) is 2.79. The third-order valence-corrected chi connectivity index (χ3v) is 3.76. The van der Waals surface area contributed by atoms with Gasteiger partial charge in [0.2, 0.25) is 0 Å². The van der Waals surface area contributed by atoms with Gasteiger partial charge >= 0.3 is 0 Å². The number of rotatable bonds is 4. The second kappa shape index (κ2) is 5.45. The van der Waals surface area contributed by atoms with Gasteiger partial charge in [0.15, 0.2) is 0 Å². The maximum atomic E-state index is 12.0. The van der Waals surface area contributed by atoms with Crippen molar-refractivity contribution in [3.8, 4) is 0 Å². The van der Waals surface area contributed by atoms with Gasteiger partial charge in [-0.3, -0.25) is 4.79 Å². The Kier molecular flexibility index (Phi) is 3.51. The molecule has 19 heavy (non-hydrogen) atoms. The molecule has 3 rings (SSSR count). The molecule has 3 N–H and O–H groups in total. The van der Waals surface area contributed by atoms with E-state index >= 15 is 0 Å². The Morgan fingerprint density at radius 1 is 1.37 bits per heavy atom. The van der Waals surface area contributed by atoms with E-state index in [1.807, 2.05) is 30.5 Å². The molecule has 0 bridgehead atoms. The topological polar surface area (TPSA) is 56.9 Å². The van der Waals surface area contributed by atoms with Crippen molar-refractivity contribution < 1.29 is 4.79 Å². The Hall–Kier alpha value is -1.81. The molecular formula is C15H19N3O. The number of fused-ring (bicyclic) bond motifs is 1. The fraction of sp³-hybridized carbons (Fsp3) is 0.400. The predicted octanol–water partition coefficient (Wildman–Crippen LogP) is 2.04. The molecule has 1 amide bonds. The first-order chi connectivity index (χ1) is 9.33. The molecule has 1 saturated heterocycles. The maximum Gasteiger partial charge on any atom is 0.251 e. The predicted molar refractivity (Wildman–Crippen MR) is 76.3 cm³/mol. The summed E-state index contributed by atoms with van der Waals surface area (Å²) >= 11 is 0. The quantitative estimate of drug-likeness (QED) is 0.785. The third-order valence-electron chi connectivity index (χ3n) is 3.76. The van der Waals surface area contributed by atoms with Crippen molar-refractivity contribution >= 4 is 16.8 Å². The number of aromatic nitrogens is 1. The second-order valence-corrected chi connectivity index (χ2v) is 5.12. The van der Waals surface area contributed by atoms with Crippen LogP contribution in [0.15, 0.2) is 30.5 Å². The van der Waals surface area contributed by atoms with E-state index in [9.17, 15) is 4.79 Å². The van der Waals surface area contributed by atoms with Crippen LogP contribution < -0.4 is 10.6 Å². The minimum atomic E-state index is 0.00879. The van der Waals surface area contributed by atoms with Crippen molar-refractivity contribution in [3.63, 3.8) is 0 Å². The van der Waals surface area contributed by atoms with Crippen LogP contribution in [0, 0.1) is 0 Å². The molecule has 0 radical (unpaired) electrons. The molecule has 2 heterocycles. The van der Waals surface area contributed by atoms with E-state index in [1.54, 1.807) is 0 Å². The number of benzene rings is 1. The molecular weight excluding hydrogens is 238 g/mol. The van der Waals surface area contributed by atoms with Gasteiger partial charge in [-0.25, -0.2) is 0 Å². The monoisotopic (exact) mass is 257 g/mol. The van der Waals surface area contributed by atoms with Crippen LogP contribution in [-0.4, -0.2) is 30.0 Å². The van der Waals surface area contributed by atoms with Crippen LogP contribution in [0.25, 0.3) is 10.9 Å². The van der Waals surface area contributed by atoms with E-state index < -0.39 is 0 Å². The van der Waals surface area contributed by atoms with E-state index in [-0.39, 0.29) is 5.91 Å². The van der Waals surface area contributed by atoms with Crippen LogP contribution in [0.2, 0.25) is 0 Å². The summed E-state index contributed by atoms with van der Waals surface area (Å²) in [5, 5.41) is 7.56. The number of carbonyl (C=O) groups is 1. The summed E-state index contributed by atoms with van der Waals surface area (Å²) in [6, 6.07) is 8.33. The molecule has 1 aromatic heterocycles. The highest BCUT2D eigenvalue weighted by molar-refractivity contribution is 5.97. The highest BCUT2D eigenvalue weighted by Gasteiger charge is 2.14. The molecule has 1 aliphatic heterocycles. The van der Waals surface area contributed by atoms with Crippen molar-refractivity contribution in [2.24, 2.45) is 0 Å². The minimum absolute atomic E-state index is 0.00879. The van der Waals surface area contributed by atoms with E-state index in [1.165, 1.54) is 12.8 Å². The van der Waals surface area contributed by atoms with E-state index in [0.717, 1.165) is 30.4 Å². The summed E-state index contributed by atoms with van der Waals surface area (Å²) in [4.78, 5) is 15.2. The highest BCUT2D eigenvalue weighted by Crippen LogP contribution is 2.14. The summed E-state index contributed by atoms with van der Waals surface area (Å²) in [5.41, 5.74) is 1.72. The lowest BCUT2D eigenvalue weighted by molar-refractivity contribution is 0.0952. The molecule has 4 heteroatoms. The van der Waals surface area contributed by atoms with Gasteiger partial charge < -0.3 is 15.6 Å². The smallest absolute Gasteiger partial charge is 0.251 e. The van der Waals surface area contributed by atoms with Gasteiger partial charge in [0.05, 0.1) is 0 Å². The zero-order valence-electron chi connectivity index (χ0n) is 10.9. The van der Waals surface area contributed by atoms with Gasteiger partial charge in [-0.2, -0.15) is 0 Å². The van der Waals surface area contributed by atoms with Gasteiger partial charge in [-0.15, -0.1) is 0 Å². The summed E-state index contributed by atoms with van der Waals surface area (Å²) in [6.45, 7) is 1.85. The highest BCUT2D eigenvalue weighted by atomic mass is 16.1. The van der Waals surface area contributed by atoms with Crippen molar-refractivity contribution in [2.75, 3.05) is 13.1 Å². The van der Waals surface area contributed by atoms with E-state index in [4.69, 9.17) is 0 Å². The zero-order valence-corrected chi connectivity index (χ0v) is 10.9. The minimum Gasteiger partial charge on any atom is -0.361 e. The standard InChI is InChI=1S/C15H19N3O/c19-15(18-9-6-13-2-1-7-16-13)12-4-3-11-5-8-17-14(11)10-12/h3-5,8,10,13,16-17H,1-2,6-7,9H2,(H,18,19). The SMILES string of the molecule is O=C(NCCC1CCCN1)c1ccc2cc[nH]c2c1. The number of amides is 1. The van der Waals surface area contributed by atoms with Gasteiger partial charge in [-0.05, 0) is 49.4 Å². The van der Waals surface area contributed by atoms with Gasteiger partial charge in [0, 0.05) is 29.9 Å². The number of H-pyrrole nitrogens is 1. The number of hydrogen-bond donors (Lipinski definition) is 3. The van der Waals surface area contributed by atoms with E-state index in [0.29, 0.717) is 11.6 Å². The Balaban J connectivity index is 1.56. The normalized spacial score (nSPS) is 18.8. The average molecular weight is 257 g/mol. The molecule has 1 aliphatic rings. The van der Waals surface area contributed by atoms with Crippen LogP contribution in [0.3, 0.4) is 0 Å². The molecule has 1 unspecified atom stereocenters. The Labute approximate surface area is 112 Å². The zero-order chi connectivity index (χ0) is 13.1. The first kappa shape index (κ1) is 12.2. The Bertz CT molecular complexity index is 570. The molecule has 100 valence electrons. The van der Waals surface area contributed by atoms with Crippen molar-refractivity contribution in [3.05, 3.63) is 36.0 Å². The molecule has 1 fully saturated rings. The van der Waals surface area contributed by atoms with Crippen LogP contribution in [-0.2, 0) is 0 Å². The molecule has 4 nitrogen and oxygen atoms in total. The molecule has 1 aromatic carbocycles.